The summed E-state index contributed by atoms with van der Waals surface area (Å²) in [5, 5.41) is 5.80. The first-order valence-corrected chi connectivity index (χ1v) is 11.9. The summed E-state index contributed by atoms with van der Waals surface area (Å²) in [6.45, 7) is 4.52. The van der Waals surface area contributed by atoms with Crippen molar-refractivity contribution in [1.29, 1.82) is 0 Å². The minimum absolute atomic E-state index is 0.0721. The number of nitrogens with one attached hydrogen (secondary N) is 2. The Morgan fingerprint density at radius 2 is 1.55 bits per heavy atom. The van der Waals surface area contributed by atoms with Crippen molar-refractivity contribution in [2.24, 2.45) is 0 Å². The summed E-state index contributed by atoms with van der Waals surface area (Å²) in [4.78, 5) is 24.3. The molecule has 33 heavy (non-hydrogen) atoms. The average molecular weight is 486 g/mol. The Hall–Kier alpha value is -3.36. The van der Waals surface area contributed by atoms with E-state index in [1.54, 1.807) is 61.5 Å². The summed E-state index contributed by atoms with van der Waals surface area (Å²) in [5.74, 6) is -0.785. The van der Waals surface area contributed by atoms with Crippen LogP contribution in [0.4, 0.5) is 17.1 Å². The Balaban J connectivity index is 1.94. The molecule has 0 saturated heterocycles. The molecule has 0 heterocycles. The zero-order chi connectivity index (χ0) is 24.2. The van der Waals surface area contributed by atoms with E-state index in [1.807, 2.05) is 6.92 Å². The molecule has 7 nitrogen and oxygen atoms in total. The molecule has 3 aromatic carbocycles. The molecule has 3 rings (SSSR count). The van der Waals surface area contributed by atoms with E-state index in [0.29, 0.717) is 27.6 Å². The van der Waals surface area contributed by atoms with Crippen LogP contribution < -0.4 is 14.9 Å². The predicted molar refractivity (Wildman–Crippen MR) is 131 cm³/mol. The molecule has 0 spiro atoms. The van der Waals surface area contributed by atoms with Crippen LogP contribution in [0.25, 0.3) is 0 Å². The Morgan fingerprint density at radius 1 is 0.909 bits per heavy atom. The summed E-state index contributed by atoms with van der Waals surface area (Å²) in [6.07, 6.45) is 0. The van der Waals surface area contributed by atoms with Gasteiger partial charge in [-0.25, -0.2) is 8.42 Å². The van der Waals surface area contributed by atoms with Gasteiger partial charge in [0.05, 0.1) is 10.6 Å². The number of aryl methyl sites for hydroxylation is 2. The monoisotopic (exact) mass is 485 g/mol. The van der Waals surface area contributed by atoms with E-state index < -0.39 is 22.5 Å². The molecule has 172 valence electrons. The van der Waals surface area contributed by atoms with Gasteiger partial charge in [-0.2, -0.15) is 0 Å². The second-order valence-electron chi connectivity index (χ2n) is 7.57. The topological polar surface area (TPSA) is 95.6 Å². The van der Waals surface area contributed by atoms with E-state index in [0.717, 1.165) is 9.87 Å². The molecule has 2 N–H and O–H groups in total. The van der Waals surface area contributed by atoms with Crippen molar-refractivity contribution in [2.75, 3.05) is 21.5 Å². The Kier molecular flexibility index (Phi) is 7.40. The Bertz CT molecular complexity index is 1290. The van der Waals surface area contributed by atoms with Crippen LogP contribution in [0.2, 0.25) is 5.02 Å². The maximum atomic E-state index is 13.5. The van der Waals surface area contributed by atoms with Crippen LogP contribution in [0.3, 0.4) is 0 Å². The van der Waals surface area contributed by atoms with E-state index in [4.69, 9.17) is 11.6 Å². The smallest absolute Gasteiger partial charge is 0.264 e. The zero-order valence-electron chi connectivity index (χ0n) is 18.4. The lowest BCUT2D eigenvalue weighted by molar-refractivity contribution is -0.115. The fourth-order valence-electron chi connectivity index (χ4n) is 3.24. The summed E-state index contributed by atoms with van der Waals surface area (Å²) in [5.41, 5.74) is 2.81. The minimum Gasteiger partial charge on any atom is -0.326 e. The van der Waals surface area contributed by atoms with Gasteiger partial charge in [-0.15, -0.1) is 0 Å². The number of sulfonamides is 1. The standard InChI is InChI=1S/C24H24ClN3O4S/c1-16-7-10-22(11-8-16)33(31,32)28(23-12-9-19(25)13-17(23)2)15-24(30)27-21-6-4-5-20(14-21)26-18(3)29/h4-14H,15H2,1-3H3,(H,26,29)(H,27,30). The molecule has 9 heteroatoms. The second-order valence-corrected chi connectivity index (χ2v) is 9.86. The van der Waals surface area contributed by atoms with Crippen molar-refractivity contribution in [1.82, 2.24) is 0 Å². The van der Waals surface area contributed by atoms with Gasteiger partial charge in [0, 0.05) is 23.3 Å². The highest BCUT2D eigenvalue weighted by molar-refractivity contribution is 7.92. The van der Waals surface area contributed by atoms with Crippen molar-refractivity contribution >= 4 is 50.5 Å². The van der Waals surface area contributed by atoms with Gasteiger partial charge < -0.3 is 10.6 Å². The summed E-state index contributed by atoms with van der Waals surface area (Å²) < 4.78 is 28.1. The maximum Gasteiger partial charge on any atom is 0.264 e. The number of anilines is 3. The first-order valence-electron chi connectivity index (χ1n) is 10.1. The van der Waals surface area contributed by atoms with Crippen molar-refractivity contribution in [2.45, 2.75) is 25.7 Å². The molecule has 0 atom stereocenters. The van der Waals surface area contributed by atoms with E-state index in [9.17, 15) is 18.0 Å². The third kappa shape index (κ3) is 6.12. The third-order valence-electron chi connectivity index (χ3n) is 4.79. The summed E-state index contributed by atoms with van der Waals surface area (Å²) in [6, 6.07) is 17.8. The fraction of sp³-hybridized carbons (Fsp3) is 0.167. The highest BCUT2D eigenvalue weighted by Crippen LogP contribution is 2.29. The first kappa shape index (κ1) is 24.3. The van der Waals surface area contributed by atoms with Crippen LogP contribution in [0.5, 0.6) is 0 Å². The van der Waals surface area contributed by atoms with E-state index in [-0.39, 0.29) is 10.8 Å². The quantitative estimate of drug-likeness (QED) is 0.504. The van der Waals surface area contributed by atoms with Crippen molar-refractivity contribution < 1.29 is 18.0 Å². The highest BCUT2D eigenvalue weighted by Gasteiger charge is 2.28. The number of halogens is 1. The van der Waals surface area contributed by atoms with Gasteiger partial charge in [0.25, 0.3) is 10.0 Å². The molecule has 0 radical (unpaired) electrons. The van der Waals surface area contributed by atoms with Gasteiger partial charge in [0.2, 0.25) is 11.8 Å². The van der Waals surface area contributed by atoms with Crippen LogP contribution in [0.15, 0.2) is 71.6 Å². The van der Waals surface area contributed by atoms with Crippen LogP contribution in [-0.4, -0.2) is 26.8 Å². The lowest BCUT2D eigenvalue weighted by atomic mass is 10.2. The van der Waals surface area contributed by atoms with E-state index in [1.165, 1.54) is 19.1 Å². The first-order chi connectivity index (χ1) is 15.6. The van der Waals surface area contributed by atoms with Gasteiger partial charge in [-0.1, -0.05) is 35.4 Å². The molecule has 0 fully saturated rings. The SMILES string of the molecule is CC(=O)Nc1cccc(NC(=O)CN(c2ccc(Cl)cc2C)S(=O)(=O)c2ccc(C)cc2)c1. The molecule has 2 amide bonds. The van der Waals surface area contributed by atoms with Crippen LogP contribution in [-0.2, 0) is 19.6 Å². The number of carbonyl (C=O) groups excluding carboxylic acids is 2. The van der Waals surface area contributed by atoms with Gasteiger partial charge in [0.15, 0.2) is 0 Å². The second kappa shape index (κ2) is 10.1. The average Bonchev–Trinajstić information content (AvgIpc) is 2.72. The molecular formula is C24H24ClN3O4S. The van der Waals surface area contributed by atoms with Crippen molar-refractivity contribution in [3.63, 3.8) is 0 Å². The number of amides is 2. The number of carbonyl (C=O) groups is 2. The molecule has 0 aliphatic carbocycles. The van der Waals surface area contributed by atoms with E-state index >= 15 is 0 Å². The molecule has 0 aliphatic heterocycles. The molecule has 0 saturated carbocycles. The lowest BCUT2D eigenvalue weighted by Gasteiger charge is -2.26. The summed E-state index contributed by atoms with van der Waals surface area (Å²) in [7, 11) is -4.05. The zero-order valence-corrected chi connectivity index (χ0v) is 20.0. The van der Waals surface area contributed by atoms with Crippen molar-refractivity contribution in [3.8, 4) is 0 Å². The Labute approximate surface area is 198 Å². The van der Waals surface area contributed by atoms with Crippen LogP contribution in [0.1, 0.15) is 18.1 Å². The molecule has 0 bridgehead atoms. The fourth-order valence-corrected chi connectivity index (χ4v) is 4.96. The maximum absolute atomic E-state index is 13.5. The van der Waals surface area contributed by atoms with Crippen LogP contribution in [0, 0.1) is 13.8 Å². The van der Waals surface area contributed by atoms with E-state index in [2.05, 4.69) is 10.6 Å². The number of hydrogen-bond acceptors (Lipinski definition) is 4. The normalized spacial score (nSPS) is 11.0. The number of nitrogens with zero attached hydrogens (tertiary/aromatic N) is 1. The molecule has 3 aromatic rings. The molecule has 0 unspecified atom stereocenters. The van der Waals surface area contributed by atoms with Crippen molar-refractivity contribution in [3.05, 3.63) is 82.9 Å². The predicted octanol–water partition coefficient (Wildman–Crippen LogP) is 4.75. The largest absolute Gasteiger partial charge is 0.326 e. The molecular weight excluding hydrogens is 462 g/mol. The van der Waals surface area contributed by atoms with Crippen LogP contribution >= 0.6 is 11.6 Å². The highest BCUT2D eigenvalue weighted by atomic mass is 35.5. The number of hydrogen-bond donors (Lipinski definition) is 2. The van der Waals surface area contributed by atoms with Gasteiger partial charge >= 0.3 is 0 Å². The molecule has 0 aromatic heterocycles. The van der Waals surface area contributed by atoms with Gasteiger partial charge in [-0.3, -0.25) is 13.9 Å². The summed E-state index contributed by atoms with van der Waals surface area (Å²) >= 11 is 6.06. The lowest BCUT2D eigenvalue weighted by Crippen LogP contribution is -2.38. The Morgan fingerprint density at radius 3 is 2.15 bits per heavy atom. The molecule has 0 aliphatic rings. The van der Waals surface area contributed by atoms with Gasteiger partial charge in [0.1, 0.15) is 6.54 Å². The third-order valence-corrected chi connectivity index (χ3v) is 6.80. The number of benzene rings is 3. The minimum atomic E-state index is -4.05. The van der Waals surface area contributed by atoms with Gasteiger partial charge in [-0.05, 0) is 67.9 Å². The number of rotatable bonds is 7.